The van der Waals surface area contributed by atoms with Crippen LogP contribution in [0.3, 0.4) is 0 Å². The molecular weight excluding hydrogens is 295 g/mol. The largest absolute Gasteiger partial charge is 0.453 e. The second kappa shape index (κ2) is 5.51. The smallest absolute Gasteiger partial charge is 0.353 e. The van der Waals surface area contributed by atoms with Crippen molar-refractivity contribution in [1.29, 1.82) is 0 Å². The van der Waals surface area contributed by atoms with E-state index in [2.05, 4.69) is 15.5 Å². The minimum Gasteiger partial charge on any atom is -0.353 e. The van der Waals surface area contributed by atoms with Crippen LogP contribution in [0.15, 0.2) is 5.16 Å². The van der Waals surface area contributed by atoms with Crippen LogP contribution in [0.25, 0.3) is 0 Å². The Morgan fingerprint density at radius 2 is 2.20 bits per heavy atom. The van der Waals surface area contributed by atoms with Gasteiger partial charge in [0.2, 0.25) is 11.1 Å². The number of aromatic nitrogens is 3. The van der Waals surface area contributed by atoms with Crippen LogP contribution >= 0.6 is 11.8 Å². The number of alkyl halides is 3. The molecule has 0 bridgehead atoms. The first-order chi connectivity index (χ1) is 9.29. The molecular formula is C10H14F3N5OS. The monoisotopic (exact) mass is 309 g/mol. The van der Waals surface area contributed by atoms with Gasteiger partial charge in [0.1, 0.15) is 0 Å². The highest BCUT2D eigenvalue weighted by Gasteiger charge is 2.38. The summed E-state index contributed by atoms with van der Waals surface area (Å²) >= 11 is 0.819. The minimum atomic E-state index is -4.66. The maximum Gasteiger partial charge on any atom is 0.453 e. The Bertz CT molecular complexity index is 500. The number of halogens is 3. The lowest BCUT2D eigenvalue weighted by molar-refractivity contribution is -0.146. The molecule has 1 aromatic rings. The van der Waals surface area contributed by atoms with E-state index in [1.165, 1.54) is 0 Å². The third-order valence-electron chi connectivity index (χ3n) is 2.97. The van der Waals surface area contributed by atoms with E-state index in [0.717, 1.165) is 24.6 Å². The zero-order valence-corrected chi connectivity index (χ0v) is 11.5. The third kappa shape index (κ3) is 3.56. The highest BCUT2D eigenvalue weighted by Crippen LogP contribution is 2.32. The van der Waals surface area contributed by atoms with Gasteiger partial charge in [-0.2, -0.15) is 13.2 Å². The Morgan fingerprint density at radius 3 is 2.70 bits per heavy atom. The molecule has 1 heterocycles. The number of rotatable bonds is 5. The predicted molar refractivity (Wildman–Crippen MR) is 66.2 cm³/mol. The summed E-state index contributed by atoms with van der Waals surface area (Å²) in [7, 11) is 0. The van der Waals surface area contributed by atoms with Crippen molar-refractivity contribution in [3.8, 4) is 0 Å². The van der Waals surface area contributed by atoms with E-state index in [1.54, 1.807) is 0 Å². The molecule has 6 nitrogen and oxygen atoms in total. The number of carbonyl (C=O) groups is 1. The first-order valence-electron chi connectivity index (χ1n) is 5.99. The molecule has 1 aliphatic carbocycles. The van der Waals surface area contributed by atoms with Crippen molar-refractivity contribution < 1.29 is 18.0 Å². The number of nitrogen functional groups attached to an aromatic ring is 1. The highest BCUT2D eigenvalue weighted by atomic mass is 32.2. The van der Waals surface area contributed by atoms with Gasteiger partial charge in [0.25, 0.3) is 5.82 Å². The summed E-state index contributed by atoms with van der Waals surface area (Å²) < 4.78 is 37.7. The average molecular weight is 309 g/mol. The van der Waals surface area contributed by atoms with Gasteiger partial charge in [0.05, 0.1) is 5.75 Å². The number of thioether (sulfide) groups is 1. The second-order valence-corrected chi connectivity index (χ2v) is 5.60. The maximum absolute atomic E-state index is 12.4. The lowest BCUT2D eigenvalue weighted by Gasteiger charge is -2.12. The molecule has 0 aliphatic heterocycles. The van der Waals surface area contributed by atoms with E-state index in [4.69, 9.17) is 5.84 Å². The molecule has 20 heavy (non-hydrogen) atoms. The van der Waals surface area contributed by atoms with Gasteiger partial charge in [0.15, 0.2) is 0 Å². The molecule has 1 saturated carbocycles. The molecule has 0 aromatic carbocycles. The van der Waals surface area contributed by atoms with Crippen LogP contribution in [0.5, 0.6) is 0 Å². The Hall–Kier alpha value is -1.45. The van der Waals surface area contributed by atoms with Crippen LogP contribution in [-0.4, -0.2) is 32.6 Å². The molecule has 0 spiro atoms. The molecule has 0 unspecified atom stereocenters. The molecule has 2 rings (SSSR count). The maximum atomic E-state index is 12.4. The lowest BCUT2D eigenvalue weighted by atomic mass is 10.2. The summed E-state index contributed by atoms with van der Waals surface area (Å²) in [5.41, 5.74) is 0. The number of hydrogen-bond donors (Lipinski definition) is 2. The minimum absolute atomic E-state index is 0.0513. The molecule has 1 aromatic heterocycles. The van der Waals surface area contributed by atoms with Crippen LogP contribution in [0, 0.1) is 5.92 Å². The van der Waals surface area contributed by atoms with E-state index < -0.39 is 12.0 Å². The number of nitrogens with one attached hydrogen (secondary N) is 1. The first kappa shape index (κ1) is 14.9. The molecule has 1 amide bonds. The van der Waals surface area contributed by atoms with Crippen molar-refractivity contribution in [3.63, 3.8) is 0 Å². The van der Waals surface area contributed by atoms with Gasteiger partial charge < -0.3 is 11.2 Å². The van der Waals surface area contributed by atoms with E-state index >= 15 is 0 Å². The Labute approximate surface area is 117 Å². The van der Waals surface area contributed by atoms with Gasteiger partial charge in [-0.3, -0.25) is 4.79 Å². The Balaban J connectivity index is 1.87. The van der Waals surface area contributed by atoms with Gasteiger partial charge in [-0.05, 0) is 25.7 Å². The van der Waals surface area contributed by atoms with Gasteiger partial charge >= 0.3 is 6.18 Å². The number of amides is 1. The van der Waals surface area contributed by atoms with Gasteiger partial charge in [-0.15, -0.1) is 10.2 Å². The second-order valence-electron chi connectivity index (χ2n) is 4.66. The molecule has 1 aliphatic rings. The van der Waals surface area contributed by atoms with Gasteiger partial charge in [0, 0.05) is 6.04 Å². The van der Waals surface area contributed by atoms with E-state index in [-0.39, 0.29) is 22.9 Å². The summed E-state index contributed by atoms with van der Waals surface area (Å²) in [6.45, 7) is 1.91. The average Bonchev–Trinajstić information content (AvgIpc) is 3.10. The molecule has 10 heteroatoms. The van der Waals surface area contributed by atoms with Crippen LogP contribution in [0.4, 0.5) is 13.2 Å². The quantitative estimate of drug-likeness (QED) is 0.626. The standard InChI is InChI=1S/C10H14F3N5OS/c1-5(6-2-3-6)15-7(19)4-20-9-17-16-8(18(9)14)10(11,12)13/h5-6H,2-4,14H2,1H3,(H,15,19)/t5-/m0/s1. The summed E-state index contributed by atoms with van der Waals surface area (Å²) in [6, 6.07) is 0.0876. The molecule has 112 valence electrons. The molecule has 1 fully saturated rings. The number of nitrogens with zero attached hydrogens (tertiary/aromatic N) is 3. The van der Waals surface area contributed by atoms with Crippen molar-refractivity contribution >= 4 is 17.7 Å². The first-order valence-corrected chi connectivity index (χ1v) is 6.97. The number of carbonyl (C=O) groups excluding carboxylic acids is 1. The fourth-order valence-corrected chi connectivity index (χ4v) is 2.38. The van der Waals surface area contributed by atoms with Crippen molar-refractivity contribution in [3.05, 3.63) is 5.82 Å². The Morgan fingerprint density at radius 1 is 1.55 bits per heavy atom. The van der Waals surface area contributed by atoms with Crippen molar-refractivity contribution in [2.45, 2.75) is 37.1 Å². The predicted octanol–water partition coefficient (Wildman–Crippen LogP) is 1.02. The molecule has 1 atom stereocenters. The third-order valence-corrected chi connectivity index (χ3v) is 3.91. The highest BCUT2D eigenvalue weighted by molar-refractivity contribution is 7.99. The van der Waals surface area contributed by atoms with Gasteiger partial charge in [-0.25, -0.2) is 4.68 Å². The van der Waals surface area contributed by atoms with E-state index in [9.17, 15) is 18.0 Å². The summed E-state index contributed by atoms with van der Waals surface area (Å²) in [5, 5.41) is 8.95. The summed E-state index contributed by atoms with van der Waals surface area (Å²) in [4.78, 5) is 11.6. The van der Waals surface area contributed by atoms with E-state index in [1.807, 2.05) is 6.92 Å². The van der Waals surface area contributed by atoms with Gasteiger partial charge in [-0.1, -0.05) is 11.8 Å². The van der Waals surface area contributed by atoms with Crippen LogP contribution < -0.4 is 11.2 Å². The van der Waals surface area contributed by atoms with Crippen LogP contribution in [-0.2, 0) is 11.0 Å². The normalized spacial score (nSPS) is 17.0. The van der Waals surface area contributed by atoms with Crippen molar-refractivity contribution in [2.24, 2.45) is 5.92 Å². The van der Waals surface area contributed by atoms with Crippen LogP contribution in [0.1, 0.15) is 25.6 Å². The molecule has 3 N–H and O–H groups in total. The van der Waals surface area contributed by atoms with E-state index in [0.29, 0.717) is 10.6 Å². The Kier molecular flexibility index (Phi) is 4.11. The number of hydrogen-bond acceptors (Lipinski definition) is 5. The molecule has 0 radical (unpaired) electrons. The topological polar surface area (TPSA) is 85.8 Å². The van der Waals surface area contributed by atoms with Crippen molar-refractivity contribution in [1.82, 2.24) is 20.2 Å². The zero-order valence-electron chi connectivity index (χ0n) is 10.6. The van der Waals surface area contributed by atoms with Crippen LogP contribution in [0.2, 0.25) is 0 Å². The SMILES string of the molecule is C[C@H](NC(=O)CSc1nnc(C(F)(F)F)n1N)C1CC1. The summed E-state index contributed by atoms with van der Waals surface area (Å²) in [6.07, 6.45) is -2.47. The van der Waals surface area contributed by atoms with Crippen molar-refractivity contribution in [2.75, 3.05) is 11.6 Å². The lowest BCUT2D eigenvalue weighted by Crippen LogP contribution is -2.35. The fraction of sp³-hybridized carbons (Fsp3) is 0.700. The fourth-order valence-electron chi connectivity index (χ4n) is 1.71. The zero-order chi connectivity index (χ0) is 14.9. The summed E-state index contributed by atoms with van der Waals surface area (Å²) in [5.74, 6) is 4.17. The molecule has 0 saturated heterocycles. The number of nitrogens with two attached hydrogens (primary N) is 1.